The Morgan fingerprint density at radius 1 is 0.814 bits per heavy atom. The third kappa shape index (κ3) is 6.27. The summed E-state index contributed by atoms with van der Waals surface area (Å²) in [6.07, 6.45) is 1.61. The van der Waals surface area contributed by atoms with Crippen LogP contribution in [0.15, 0.2) is 84.9 Å². The lowest BCUT2D eigenvalue weighted by Crippen LogP contribution is -2.47. The SMILES string of the molecule is Cc1ccc2c(c1C)OCC1(OCCOS(C)(=O)=O)Cc3cc(OCc4ccccc4)c(OCc4ccccc4)cc3C21. The fourth-order valence-electron chi connectivity index (χ4n) is 6.06. The van der Waals surface area contributed by atoms with Gasteiger partial charge in [0, 0.05) is 17.9 Å². The third-order valence-corrected chi connectivity index (χ3v) is 8.85. The number of fused-ring (bicyclic) bond motifs is 5. The maximum Gasteiger partial charge on any atom is 0.264 e. The Hall–Kier alpha value is -3.85. The molecule has 2 aliphatic rings. The van der Waals surface area contributed by atoms with E-state index in [0.29, 0.717) is 37.7 Å². The highest BCUT2D eigenvalue weighted by Gasteiger charge is 2.53. The lowest BCUT2D eigenvalue weighted by Gasteiger charge is -2.41. The highest BCUT2D eigenvalue weighted by Crippen LogP contribution is 2.55. The number of rotatable bonds is 11. The summed E-state index contributed by atoms with van der Waals surface area (Å²) in [6, 6.07) is 28.5. The van der Waals surface area contributed by atoms with Gasteiger partial charge in [0.25, 0.3) is 10.1 Å². The molecule has 8 heteroatoms. The van der Waals surface area contributed by atoms with E-state index >= 15 is 0 Å². The molecule has 0 spiro atoms. The number of ether oxygens (including phenoxy) is 4. The molecule has 1 aliphatic carbocycles. The molecule has 4 aromatic rings. The van der Waals surface area contributed by atoms with Gasteiger partial charge in [-0.25, -0.2) is 0 Å². The van der Waals surface area contributed by atoms with Crippen LogP contribution in [0.1, 0.15) is 44.9 Å². The predicted molar refractivity (Wildman–Crippen MR) is 164 cm³/mol. The van der Waals surface area contributed by atoms with Gasteiger partial charge in [-0.05, 0) is 59.4 Å². The van der Waals surface area contributed by atoms with E-state index in [1.54, 1.807) is 0 Å². The smallest absolute Gasteiger partial charge is 0.264 e. The maximum atomic E-state index is 11.6. The van der Waals surface area contributed by atoms with Gasteiger partial charge in [0.05, 0.1) is 19.5 Å². The Morgan fingerprint density at radius 2 is 1.44 bits per heavy atom. The molecule has 0 aromatic heterocycles. The van der Waals surface area contributed by atoms with Crippen LogP contribution in [0, 0.1) is 13.8 Å². The van der Waals surface area contributed by atoms with Crippen LogP contribution in [0.25, 0.3) is 0 Å². The van der Waals surface area contributed by atoms with E-state index in [1.165, 1.54) is 0 Å². The van der Waals surface area contributed by atoms with E-state index < -0.39 is 15.7 Å². The van der Waals surface area contributed by atoms with E-state index in [-0.39, 0.29) is 19.1 Å². The second-order valence-corrected chi connectivity index (χ2v) is 13.0. The summed E-state index contributed by atoms with van der Waals surface area (Å²) in [5.74, 6) is 2.05. The van der Waals surface area contributed by atoms with Crippen molar-refractivity contribution in [1.82, 2.24) is 0 Å². The van der Waals surface area contributed by atoms with Gasteiger partial charge >= 0.3 is 0 Å². The van der Waals surface area contributed by atoms with E-state index in [9.17, 15) is 8.42 Å². The molecule has 0 saturated carbocycles. The largest absolute Gasteiger partial charge is 0.490 e. The molecular formula is C35H36O7S. The van der Waals surface area contributed by atoms with Gasteiger partial charge in [-0.1, -0.05) is 72.8 Å². The number of aryl methyl sites for hydroxylation is 1. The van der Waals surface area contributed by atoms with Crippen LogP contribution in [0.2, 0.25) is 0 Å². The van der Waals surface area contributed by atoms with Crippen molar-refractivity contribution in [2.24, 2.45) is 0 Å². The first kappa shape index (κ1) is 29.2. The quantitative estimate of drug-likeness (QED) is 0.148. The van der Waals surface area contributed by atoms with Crippen molar-refractivity contribution in [1.29, 1.82) is 0 Å². The first-order chi connectivity index (χ1) is 20.7. The summed E-state index contributed by atoms with van der Waals surface area (Å²) in [4.78, 5) is 0. The summed E-state index contributed by atoms with van der Waals surface area (Å²) in [6.45, 7) is 5.31. The average molecular weight is 601 g/mol. The third-order valence-electron chi connectivity index (χ3n) is 8.26. The van der Waals surface area contributed by atoms with Crippen LogP contribution in [0.5, 0.6) is 17.2 Å². The molecular weight excluding hydrogens is 564 g/mol. The Morgan fingerprint density at radius 3 is 2.07 bits per heavy atom. The van der Waals surface area contributed by atoms with Gasteiger partial charge in [0.2, 0.25) is 0 Å². The van der Waals surface area contributed by atoms with E-state index in [1.807, 2.05) is 60.7 Å². The molecule has 0 saturated heterocycles. The van der Waals surface area contributed by atoms with Crippen LogP contribution >= 0.6 is 0 Å². The minimum atomic E-state index is -3.58. The molecule has 0 amide bonds. The number of hydrogen-bond donors (Lipinski definition) is 0. The minimum Gasteiger partial charge on any atom is -0.490 e. The van der Waals surface area contributed by atoms with Gasteiger partial charge in [0.1, 0.15) is 31.2 Å². The lowest BCUT2D eigenvalue weighted by atomic mass is 9.79. The fraction of sp³-hybridized carbons (Fsp3) is 0.314. The van der Waals surface area contributed by atoms with E-state index in [0.717, 1.165) is 50.9 Å². The normalized spacial score (nSPS) is 18.7. The van der Waals surface area contributed by atoms with Crippen molar-refractivity contribution in [3.63, 3.8) is 0 Å². The predicted octanol–water partition coefficient (Wildman–Crippen LogP) is 6.27. The molecule has 1 heterocycles. The van der Waals surface area contributed by atoms with E-state index in [2.05, 4.69) is 38.1 Å². The van der Waals surface area contributed by atoms with E-state index in [4.69, 9.17) is 23.1 Å². The first-order valence-electron chi connectivity index (χ1n) is 14.4. The molecule has 0 fully saturated rings. The molecule has 224 valence electrons. The molecule has 1 aliphatic heterocycles. The Bertz CT molecular complexity index is 1700. The van der Waals surface area contributed by atoms with Crippen LogP contribution in [-0.4, -0.2) is 40.1 Å². The van der Waals surface area contributed by atoms with Crippen LogP contribution in [-0.2, 0) is 38.7 Å². The topological polar surface area (TPSA) is 80.3 Å². The Labute approximate surface area is 253 Å². The molecule has 2 unspecified atom stereocenters. The minimum absolute atomic E-state index is 0.0691. The van der Waals surface area contributed by atoms with Gasteiger partial charge in [-0.2, -0.15) is 8.42 Å². The van der Waals surface area contributed by atoms with Gasteiger partial charge < -0.3 is 18.9 Å². The molecule has 6 rings (SSSR count). The zero-order valence-corrected chi connectivity index (χ0v) is 25.5. The zero-order chi connectivity index (χ0) is 30.0. The summed E-state index contributed by atoms with van der Waals surface area (Å²) in [7, 11) is -3.58. The fourth-order valence-corrected chi connectivity index (χ4v) is 6.43. The Kier molecular flexibility index (Phi) is 8.18. The first-order valence-corrected chi connectivity index (χ1v) is 16.3. The van der Waals surface area contributed by atoms with Gasteiger partial charge in [-0.3, -0.25) is 4.18 Å². The molecule has 0 radical (unpaired) electrons. The molecule has 0 bridgehead atoms. The van der Waals surface area contributed by atoms with Crippen molar-refractivity contribution in [3.05, 3.63) is 124 Å². The summed E-state index contributed by atoms with van der Waals surface area (Å²) in [5, 5.41) is 0. The molecule has 43 heavy (non-hydrogen) atoms. The van der Waals surface area contributed by atoms with Crippen LogP contribution in [0.3, 0.4) is 0 Å². The molecule has 4 aromatic carbocycles. The second kappa shape index (κ2) is 12.0. The molecule has 7 nitrogen and oxygen atoms in total. The van der Waals surface area contributed by atoms with Crippen LogP contribution < -0.4 is 14.2 Å². The Balaban J connectivity index is 1.39. The van der Waals surface area contributed by atoms with Crippen LogP contribution in [0.4, 0.5) is 0 Å². The number of hydrogen-bond acceptors (Lipinski definition) is 7. The summed E-state index contributed by atoms with van der Waals surface area (Å²) < 4.78 is 53.9. The summed E-state index contributed by atoms with van der Waals surface area (Å²) in [5.41, 5.74) is 6.85. The van der Waals surface area contributed by atoms with Crippen molar-refractivity contribution in [2.45, 2.75) is 45.0 Å². The van der Waals surface area contributed by atoms with Gasteiger partial charge in [0.15, 0.2) is 11.5 Å². The van der Waals surface area contributed by atoms with Crippen molar-refractivity contribution in [3.8, 4) is 17.2 Å². The lowest BCUT2D eigenvalue weighted by molar-refractivity contribution is -0.0916. The van der Waals surface area contributed by atoms with Crippen molar-refractivity contribution >= 4 is 10.1 Å². The number of benzene rings is 4. The van der Waals surface area contributed by atoms with Crippen molar-refractivity contribution in [2.75, 3.05) is 26.1 Å². The highest BCUT2D eigenvalue weighted by molar-refractivity contribution is 7.85. The van der Waals surface area contributed by atoms with Crippen molar-refractivity contribution < 1.29 is 31.5 Å². The summed E-state index contributed by atoms with van der Waals surface area (Å²) >= 11 is 0. The monoisotopic (exact) mass is 600 g/mol. The van der Waals surface area contributed by atoms with Gasteiger partial charge in [-0.15, -0.1) is 0 Å². The second-order valence-electron chi connectivity index (χ2n) is 11.3. The molecule has 0 N–H and O–H groups in total. The average Bonchev–Trinajstić information content (AvgIpc) is 3.33. The maximum absolute atomic E-state index is 11.6. The highest BCUT2D eigenvalue weighted by atomic mass is 32.2. The standard InChI is InChI=1S/C35H36O7S/c1-24-14-15-29-33-30-19-32(39-22-27-12-8-5-9-13-27)31(38-21-26-10-6-4-7-11-26)18-28(30)20-35(33,23-40-34(29)25(24)2)41-16-17-42-43(3,36)37/h4-15,18-19,33H,16-17,20-23H2,1-3H3. The zero-order valence-electron chi connectivity index (χ0n) is 24.7. The molecule has 2 atom stereocenters.